The maximum absolute atomic E-state index is 14.3. The van der Waals surface area contributed by atoms with E-state index in [1.165, 1.54) is 10.7 Å². The van der Waals surface area contributed by atoms with Gasteiger partial charge < -0.3 is 9.47 Å². The van der Waals surface area contributed by atoms with Crippen LogP contribution in [0, 0.1) is 11.6 Å². The fourth-order valence-electron chi connectivity index (χ4n) is 3.75. The lowest BCUT2D eigenvalue weighted by Crippen LogP contribution is -2.38. The van der Waals surface area contributed by atoms with Gasteiger partial charge in [0.2, 0.25) is 0 Å². The summed E-state index contributed by atoms with van der Waals surface area (Å²) in [4.78, 5) is 11.1. The molecule has 2 aromatic heterocycles. The van der Waals surface area contributed by atoms with Gasteiger partial charge in [0.05, 0.1) is 32.2 Å². The van der Waals surface area contributed by atoms with E-state index in [0.717, 1.165) is 50.0 Å². The van der Waals surface area contributed by atoms with Crippen molar-refractivity contribution in [2.45, 2.75) is 6.54 Å². The van der Waals surface area contributed by atoms with E-state index in [2.05, 4.69) is 25.2 Å². The lowest BCUT2D eigenvalue weighted by molar-refractivity contribution is 0.0322. The number of ether oxygens (including phenoxy) is 2. The maximum Gasteiger partial charge on any atom is 0.186 e. The lowest BCUT2D eigenvalue weighted by atomic mass is 10.1. The largest absolute Gasteiger partial charge is 0.489 e. The van der Waals surface area contributed by atoms with Crippen LogP contribution >= 0.6 is 0 Å². The molecule has 1 aliphatic heterocycles. The first kappa shape index (κ1) is 21.4. The summed E-state index contributed by atoms with van der Waals surface area (Å²) < 4.78 is 40.4. The topological polar surface area (TPSA) is 78.2 Å². The van der Waals surface area contributed by atoms with Gasteiger partial charge in [0.15, 0.2) is 23.2 Å². The highest BCUT2D eigenvalue weighted by molar-refractivity contribution is 5.75. The number of hydrogen-bond donors (Lipinski definition) is 0. The predicted octanol–water partition coefficient (Wildman–Crippen LogP) is 2.93. The molecule has 10 heteroatoms. The Kier molecular flexibility index (Phi) is 6.18. The molecule has 4 aromatic rings. The molecule has 1 saturated heterocycles. The average Bonchev–Trinajstić information content (AvgIpc) is 3.26. The Morgan fingerprint density at radius 3 is 2.67 bits per heavy atom. The summed E-state index contributed by atoms with van der Waals surface area (Å²) in [5, 5.41) is 7.89. The van der Waals surface area contributed by atoms with E-state index >= 15 is 0 Å². The summed E-state index contributed by atoms with van der Waals surface area (Å²) in [6.45, 7) is 4.97. The number of halogens is 2. The van der Waals surface area contributed by atoms with E-state index in [9.17, 15) is 8.78 Å². The van der Waals surface area contributed by atoms with Crippen molar-refractivity contribution in [3.05, 3.63) is 66.0 Å². The normalized spacial score (nSPS) is 14.6. The molecule has 0 aliphatic carbocycles. The standard InChI is InChI=1S/C23H22F2N6O2/c24-19-4-5-20-22(21(19)25)31(29-28-20)15-16-2-1-3-17(12-16)23-26-13-18(14-27-23)33-11-8-30-6-9-32-10-7-30/h1-5,12-14H,6-11,15H2. The van der Waals surface area contributed by atoms with E-state index in [1.54, 1.807) is 12.4 Å². The summed E-state index contributed by atoms with van der Waals surface area (Å²) in [6, 6.07) is 9.96. The summed E-state index contributed by atoms with van der Waals surface area (Å²) in [5.74, 6) is -0.741. The molecule has 5 rings (SSSR count). The average molecular weight is 452 g/mol. The SMILES string of the molecule is Fc1ccc2nnn(Cc3cccc(-c4ncc(OCCN5CCOCC5)cn4)c3)c2c1F. The third-order valence-corrected chi connectivity index (χ3v) is 5.49. The number of aromatic nitrogens is 5. The van der Waals surface area contributed by atoms with Gasteiger partial charge in [-0.15, -0.1) is 5.10 Å². The van der Waals surface area contributed by atoms with Crippen molar-refractivity contribution in [2.24, 2.45) is 0 Å². The van der Waals surface area contributed by atoms with Crippen LogP contribution in [0.25, 0.3) is 22.4 Å². The molecule has 0 unspecified atom stereocenters. The predicted molar refractivity (Wildman–Crippen MR) is 117 cm³/mol. The number of benzene rings is 2. The molecule has 0 radical (unpaired) electrons. The molecule has 0 bridgehead atoms. The van der Waals surface area contributed by atoms with Gasteiger partial charge in [-0.05, 0) is 23.8 Å². The van der Waals surface area contributed by atoms with Crippen molar-refractivity contribution in [3.63, 3.8) is 0 Å². The van der Waals surface area contributed by atoms with Gasteiger partial charge in [-0.3, -0.25) is 4.90 Å². The van der Waals surface area contributed by atoms with Gasteiger partial charge in [-0.1, -0.05) is 23.4 Å². The van der Waals surface area contributed by atoms with Crippen molar-refractivity contribution >= 4 is 11.0 Å². The number of fused-ring (bicyclic) bond motifs is 1. The minimum absolute atomic E-state index is 0.0373. The molecule has 0 amide bonds. The molecule has 8 nitrogen and oxygen atoms in total. The fraction of sp³-hybridized carbons (Fsp3) is 0.304. The van der Waals surface area contributed by atoms with Gasteiger partial charge in [-0.2, -0.15) is 0 Å². The molecule has 1 aliphatic rings. The first-order valence-electron chi connectivity index (χ1n) is 10.7. The molecule has 1 fully saturated rings. The van der Waals surface area contributed by atoms with Gasteiger partial charge in [0.1, 0.15) is 17.6 Å². The summed E-state index contributed by atoms with van der Waals surface area (Å²) in [5.41, 5.74) is 1.97. The van der Waals surface area contributed by atoms with E-state index in [1.807, 2.05) is 24.3 Å². The molecule has 33 heavy (non-hydrogen) atoms. The Labute approximate surface area is 188 Å². The summed E-state index contributed by atoms with van der Waals surface area (Å²) in [6.07, 6.45) is 3.30. The number of nitrogens with zero attached hydrogens (tertiary/aromatic N) is 6. The highest BCUT2D eigenvalue weighted by atomic mass is 19.2. The van der Waals surface area contributed by atoms with Crippen LogP contribution in [0.4, 0.5) is 8.78 Å². The monoisotopic (exact) mass is 452 g/mol. The van der Waals surface area contributed by atoms with Crippen LogP contribution in [0.2, 0.25) is 0 Å². The molecule has 2 aromatic carbocycles. The van der Waals surface area contributed by atoms with Crippen molar-refractivity contribution in [1.29, 1.82) is 0 Å². The Bertz CT molecular complexity index is 1240. The van der Waals surface area contributed by atoms with Crippen LogP contribution in [0.3, 0.4) is 0 Å². The van der Waals surface area contributed by atoms with Crippen molar-refractivity contribution in [2.75, 3.05) is 39.5 Å². The maximum atomic E-state index is 14.3. The second kappa shape index (κ2) is 9.55. The highest BCUT2D eigenvalue weighted by Gasteiger charge is 2.15. The fourth-order valence-corrected chi connectivity index (χ4v) is 3.75. The number of hydrogen-bond acceptors (Lipinski definition) is 7. The molecular weight excluding hydrogens is 430 g/mol. The van der Waals surface area contributed by atoms with Crippen LogP contribution < -0.4 is 4.74 Å². The Balaban J connectivity index is 1.26. The zero-order valence-electron chi connectivity index (χ0n) is 17.8. The van der Waals surface area contributed by atoms with Crippen molar-refractivity contribution in [1.82, 2.24) is 29.9 Å². The third kappa shape index (κ3) is 4.81. The molecule has 0 saturated carbocycles. The van der Waals surface area contributed by atoms with Crippen LogP contribution in [0.5, 0.6) is 5.75 Å². The Hall–Kier alpha value is -3.50. The van der Waals surface area contributed by atoms with E-state index < -0.39 is 11.6 Å². The lowest BCUT2D eigenvalue weighted by Gasteiger charge is -2.26. The molecule has 170 valence electrons. The van der Waals surface area contributed by atoms with Crippen LogP contribution in [-0.2, 0) is 11.3 Å². The van der Waals surface area contributed by atoms with Gasteiger partial charge in [0.25, 0.3) is 0 Å². The van der Waals surface area contributed by atoms with Crippen molar-refractivity contribution < 1.29 is 18.3 Å². The van der Waals surface area contributed by atoms with E-state index in [0.29, 0.717) is 23.7 Å². The third-order valence-electron chi connectivity index (χ3n) is 5.49. The van der Waals surface area contributed by atoms with Crippen molar-refractivity contribution in [3.8, 4) is 17.1 Å². The quantitative estimate of drug-likeness (QED) is 0.427. The van der Waals surface area contributed by atoms with Gasteiger partial charge in [-0.25, -0.2) is 23.4 Å². The van der Waals surface area contributed by atoms with Gasteiger partial charge >= 0.3 is 0 Å². The number of morpholine rings is 1. The minimum Gasteiger partial charge on any atom is -0.489 e. The van der Waals surface area contributed by atoms with E-state index in [-0.39, 0.29) is 12.1 Å². The second-order valence-corrected chi connectivity index (χ2v) is 7.72. The molecule has 0 atom stereocenters. The second-order valence-electron chi connectivity index (χ2n) is 7.72. The zero-order valence-corrected chi connectivity index (χ0v) is 17.8. The first-order valence-corrected chi connectivity index (χ1v) is 10.7. The van der Waals surface area contributed by atoms with Crippen LogP contribution in [0.1, 0.15) is 5.56 Å². The van der Waals surface area contributed by atoms with Gasteiger partial charge in [0, 0.05) is 25.2 Å². The first-order chi connectivity index (χ1) is 16.2. The Morgan fingerprint density at radius 2 is 1.85 bits per heavy atom. The molecule has 0 spiro atoms. The number of rotatable bonds is 7. The minimum atomic E-state index is -0.957. The van der Waals surface area contributed by atoms with E-state index in [4.69, 9.17) is 9.47 Å². The smallest absolute Gasteiger partial charge is 0.186 e. The zero-order chi connectivity index (χ0) is 22.6. The van der Waals surface area contributed by atoms with Crippen LogP contribution in [-0.4, -0.2) is 69.3 Å². The highest BCUT2D eigenvalue weighted by Crippen LogP contribution is 2.22. The van der Waals surface area contributed by atoms with Crippen LogP contribution in [0.15, 0.2) is 48.8 Å². The molecule has 3 heterocycles. The Morgan fingerprint density at radius 1 is 1.03 bits per heavy atom. The molecule has 0 N–H and O–H groups in total. The summed E-state index contributed by atoms with van der Waals surface area (Å²) >= 11 is 0. The molecular formula is C23H22F2N6O2. The summed E-state index contributed by atoms with van der Waals surface area (Å²) in [7, 11) is 0.